The fourth-order valence-corrected chi connectivity index (χ4v) is 10.2. The molecule has 4 unspecified atom stereocenters. The van der Waals surface area contributed by atoms with Crippen LogP contribution in [0.25, 0.3) is 0 Å². The topological polar surface area (TPSA) is 110 Å². The van der Waals surface area contributed by atoms with Gasteiger partial charge in [0.25, 0.3) is 0 Å². The van der Waals surface area contributed by atoms with E-state index in [1.54, 1.807) is 0 Å². The minimum Gasteiger partial charge on any atom is -0.394 e. The lowest BCUT2D eigenvalue weighted by atomic mass is 10.00. The van der Waals surface area contributed by atoms with Gasteiger partial charge in [-0.3, -0.25) is 4.79 Å². The van der Waals surface area contributed by atoms with Gasteiger partial charge in [0.1, 0.15) is 12.2 Å². The Hall–Kier alpha value is -1.47. The summed E-state index contributed by atoms with van der Waals surface area (Å²) in [6, 6.07) is -1.01. The van der Waals surface area contributed by atoms with Crippen LogP contribution in [0.5, 0.6) is 0 Å². The zero-order valence-corrected chi connectivity index (χ0v) is 48.4. The first-order valence-electron chi connectivity index (χ1n) is 32.4. The number of amides is 1. The van der Waals surface area contributed by atoms with Gasteiger partial charge in [0.05, 0.1) is 18.8 Å². The molecule has 0 bridgehead atoms. The third-order valence-electron chi connectivity index (χ3n) is 15.3. The van der Waals surface area contributed by atoms with Crippen LogP contribution >= 0.6 is 0 Å². The smallest absolute Gasteiger partial charge is 0.249 e. The molecule has 6 nitrogen and oxygen atoms in total. The third-order valence-corrected chi connectivity index (χ3v) is 15.3. The van der Waals surface area contributed by atoms with Gasteiger partial charge in [-0.2, -0.15) is 0 Å². The highest BCUT2D eigenvalue weighted by molar-refractivity contribution is 5.80. The molecule has 0 aromatic heterocycles. The van der Waals surface area contributed by atoms with E-state index < -0.39 is 36.9 Å². The van der Waals surface area contributed by atoms with Crippen LogP contribution in [0.3, 0.4) is 0 Å². The van der Waals surface area contributed by atoms with Crippen molar-refractivity contribution in [1.29, 1.82) is 0 Å². The Bertz CT molecular complexity index is 1140. The molecule has 6 heteroatoms. The van der Waals surface area contributed by atoms with Gasteiger partial charge >= 0.3 is 0 Å². The maximum Gasteiger partial charge on any atom is 0.249 e. The van der Waals surface area contributed by atoms with Crippen molar-refractivity contribution in [3.63, 3.8) is 0 Å². The first-order chi connectivity index (χ1) is 35.5. The highest BCUT2D eigenvalue weighted by Crippen LogP contribution is 2.18. The van der Waals surface area contributed by atoms with E-state index in [1.807, 2.05) is 0 Å². The minimum absolute atomic E-state index is 0.358. The number of aliphatic hydroxyl groups excluding tert-OH is 4. The van der Waals surface area contributed by atoms with E-state index in [4.69, 9.17) is 0 Å². The number of carbonyl (C=O) groups is 1. The zero-order valence-electron chi connectivity index (χ0n) is 48.4. The Morgan fingerprint density at radius 1 is 0.333 bits per heavy atom. The molecule has 0 saturated heterocycles. The Kier molecular flexibility index (Phi) is 59.2. The molecule has 0 aliphatic rings. The number of hydrogen-bond donors (Lipinski definition) is 5. The van der Waals surface area contributed by atoms with Gasteiger partial charge < -0.3 is 25.7 Å². The minimum atomic E-state index is -1.29. The summed E-state index contributed by atoms with van der Waals surface area (Å²) >= 11 is 0. The van der Waals surface area contributed by atoms with Crippen LogP contribution in [0.15, 0.2) is 36.5 Å². The Labute approximate surface area is 449 Å². The molecule has 0 aromatic rings. The normalized spacial score (nSPS) is 13.8. The number of aliphatic hydroxyl groups is 4. The average molecular weight is 1010 g/mol. The highest BCUT2D eigenvalue weighted by Gasteiger charge is 2.28. The summed E-state index contributed by atoms with van der Waals surface area (Å²) in [4.78, 5) is 12.6. The summed E-state index contributed by atoms with van der Waals surface area (Å²) in [6.45, 7) is 4.08. The predicted molar refractivity (Wildman–Crippen MR) is 316 cm³/mol. The lowest BCUT2D eigenvalue weighted by Gasteiger charge is -2.27. The van der Waals surface area contributed by atoms with Crippen molar-refractivity contribution in [1.82, 2.24) is 5.32 Å². The fraction of sp³-hybridized carbons (Fsp3) is 0.894. The second-order valence-electron chi connectivity index (χ2n) is 22.4. The molecule has 1 amide bonds. The number of allylic oxidation sites excluding steroid dienone is 6. The second-order valence-corrected chi connectivity index (χ2v) is 22.4. The number of unbranched alkanes of at least 4 members (excludes halogenated alkanes) is 45. The Morgan fingerprint density at radius 3 is 0.875 bits per heavy atom. The SMILES string of the molecule is CCCCCCCCCCCCCC/C=C\CCCCCCCCCCCC(O)C(=O)NC(CO)C(O)C(O)CCC/C=C/CC/C=C/CCCCCCCCCCCCCCCCCCCCCCCC. The summed E-state index contributed by atoms with van der Waals surface area (Å²) in [6.07, 6.45) is 76.8. The van der Waals surface area contributed by atoms with Crippen LogP contribution in [0, 0.1) is 0 Å². The van der Waals surface area contributed by atoms with Gasteiger partial charge in [-0.1, -0.05) is 307 Å². The van der Waals surface area contributed by atoms with Crippen molar-refractivity contribution in [2.75, 3.05) is 6.61 Å². The number of carbonyl (C=O) groups excluding carboxylic acids is 1. The highest BCUT2D eigenvalue weighted by atomic mass is 16.3. The first-order valence-corrected chi connectivity index (χ1v) is 32.4. The Morgan fingerprint density at radius 2 is 0.583 bits per heavy atom. The molecule has 0 aromatic carbocycles. The van der Waals surface area contributed by atoms with Gasteiger partial charge in [-0.25, -0.2) is 0 Å². The molecule has 0 heterocycles. The van der Waals surface area contributed by atoms with Crippen LogP contribution in [-0.4, -0.2) is 57.3 Å². The summed E-state index contributed by atoms with van der Waals surface area (Å²) < 4.78 is 0. The van der Waals surface area contributed by atoms with E-state index in [9.17, 15) is 25.2 Å². The standard InChI is InChI=1S/C66H127NO5/c1-3-5-7-9-11-13-15-17-19-21-23-25-27-29-30-31-32-33-34-36-37-39-41-43-45-47-49-51-53-55-57-59-63(69)65(71)62(61-68)67-66(72)64(70)60-58-56-54-52-50-48-46-44-42-40-38-35-28-26-24-22-20-18-16-14-12-10-8-6-4-2/h35,38,43,45,51,53,62-65,68-71H,3-34,36-37,39-42,44,46-50,52,54-61H2,1-2H3,(H,67,72)/b38-35-,45-43+,53-51+. The molecule has 0 spiro atoms. The van der Waals surface area contributed by atoms with Crippen molar-refractivity contribution in [2.45, 2.75) is 372 Å². The van der Waals surface area contributed by atoms with Crippen molar-refractivity contribution in [2.24, 2.45) is 0 Å². The van der Waals surface area contributed by atoms with Crippen LogP contribution in [0.4, 0.5) is 0 Å². The molecule has 0 aliphatic heterocycles. The zero-order chi connectivity index (χ0) is 52.3. The molecule has 72 heavy (non-hydrogen) atoms. The van der Waals surface area contributed by atoms with Crippen LogP contribution in [0.1, 0.15) is 348 Å². The van der Waals surface area contributed by atoms with Gasteiger partial charge in [0.15, 0.2) is 0 Å². The number of nitrogens with one attached hydrogen (secondary N) is 1. The summed E-state index contributed by atoms with van der Waals surface area (Å²) in [5, 5.41) is 44.1. The number of rotatable bonds is 60. The predicted octanol–water partition coefficient (Wildman–Crippen LogP) is 19.5. The van der Waals surface area contributed by atoms with E-state index in [1.165, 1.54) is 276 Å². The van der Waals surface area contributed by atoms with E-state index in [-0.39, 0.29) is 0 Å². The van der Waals surface area contributed by atoms with Crippen molar-refractivity contribution >= 4 is 5.91 Å². The molecular formula is C66H127NO5. The van der Waals surface area contributed by atoms with E-state index in [0.717, 1.165) is 38.5 Å². The first kappa shape index (κ1) is 70.5. The van der Waals surface area contributed by atoms with E-state index >= 15 is 0 Å². The summed E-state index contributed by atoms with van der Waals surface area (Å²) in [5.74, 6) is -0.595. The van der Waals surface area contributed by atoms with Crippen LogP contribution in [-0.2, 0) is 4.79 Å². The molecule has 0 aliphatic carbocycles. The molecular weight excluding hydrogens is 887 g/mol. The average Bonchev–Trinajstić information content (AvgIpc) is 3.39. The molecule has 0 radical (unpaired) electrons. The third kappa shape index (κ3) is 53.4. The van der Waals surface area contributed by atoms with E-state index in [2.05, 4.69) is 55.6 Å². The fourth-order valence-electron chi connectivity index (χ4n) is 10.2. The second kappa shape index (κ2) is 60.4. The van der Waals surface area contributed by atoms with Gasteiger partial charge in [0.2, 0.25) is 5.91 Å². The summed E-state index contributed by atoms with van der Waals surface area (Å²) in [5.41, 5.74) is 0. The van der Waals surface area contributed by atoms with Gasteiger partial charge in [-0.15, -0.1) is 0 Å². The maximum absolute atomic E-state index is 12.6. The monoisotopic (exact) mass is 1010 g/mol. The maximum atomic E-state index is 12.6. The lowest BCUT2D eigenvalue weighted by Crippen LogP contribution is -2.53. The van der Waals surface area contributed by atoms with Crippen molar-refractivity contribution < 1.29 is 25.2 Å². The van der Waals surface area contributed by atoms with E-state index in [0.29, 0.717) is 19.3 Å². The number of hydrogen-bond acceptors (Lipinski definition) is 5. The van der Waals surface area contributed by atoms with Gasteiger partial charge in [0, 0.05) is 0 Å². The van der Waals surface area contributed by atoms with Crippen LogP contribution in [0.2, 0.25) is 0 Å². The molecule has 0 fully saturated rings. The van der Waals surface area contributed by atoms with Crippen molar-refractivity contribution in [3.8, 4) is 0 Å². The molecule has 0 saturated carbocycles. The molecule has 426 valence electrons. The largest absolute Gasteiger partial charge is 0.394 e. The molecule has 4 atom stereocenters. The summed E-state index contributed by atoms with van der Waals surface area (Å²) in [7, 11) is 0. The molecule has 5 N–H and O–H groups in total. The quantitative estimate of drug-likeness (QED) is 0.0308. The van der Waals surface area contributed by atoms with Crippen molar-refractivity contribution in [3.05, 3.63) is 36.5 Å². The lowest BCUT2D eigenvalue weighted by molar-refractivity contribution is -0.132. The molecule has 0 rings (SSSR count). The Balaban J connectivity index is 3.63. The van der Waals surface area contributed by atoms with Gasteiger partial charge in [-0.05, 0) is 77.0 Å². The van der Waals surface area contributed by atoms with Crippen LogP contribution < -0.4 is 5.32 Å².